The number of aliphatic hydroxyl groups is 2. The third kappa shape index (κ3) is 14.4. The van der Waals surface area contributed by atoms with E-state index in [1.54, 1.807) is 57.2 Å². The van der Waals surface area contributed by atoms with Crippen LogP contribution in [0.25, 0.3) is 0 Å². The standard InChI is InChI=1S/C36H47N5O8/c1-36(2,3)49-35(47)40-28(20-25-15-9-5-10-16-25)30(43)22-38-21-29(42)27(19-24-13-7-4-8-14-24)39-33(45)31(32(37)44)41-34(46)48-23-26-17-11-6-12-18-26/h4-18,27-31,38,42-43H,19-23H2,1-3H3,(H2,37,44)(H,39,45)(H,40,47)(H,41,46)/t27-,28-,29+,30+,31-/m0/s1. The van der Waals surface area contributed by atoms with Crippen molar-refractivity contribution in [1.82, 2.24) is 21.3 Å². The Morgan fingerprint density at radius 3 is 1.57 bits per heavy atom. The lowest BCUT2D eigenvalue weighted by Crippen LogP contribution is -2.59. The molecular weight excluding hydrogens is 630 g/mol. The second kappa shape index (κ2) is 19.1. The maximum atomic E-state index is 13.2. The molecule has 0 aliphatic rings. The number of aliphatic hydroxyl groups excluding tert-OH is 2. The summed E-state index contributed by atoms with van der Waals surface area (Å²) in [4.78, 5) is 50.4. The molecule has 3 aromatic carbocycles. The average Bonchev–Trinajstić information content (AvgIpc) is 3.06. The third-order valence-electron chi connectivity index (χ3n) is 7.28. The van der Waals surface area contributed by atoms with Crippen LogP contribution in [0.2, 0.25) is 0 Å². The van der Waals surface area contributed by atoms with Crippen molar-refractivity contribution in [3.8, 4) is 0 Å². The Labute approximate surface area is 286 Å². The molecule has 264 valence electrons. The predicted molar refractivity (Wildman–Crippen MR) is 183 cm³/mol. The molecule has 8 N–H and O–H groups in total. The highest BCUT2D eigenvalue weighted by molar-refractivity contribution is 6.05. The van der Waals surface area contributed by atoms with Gasteiger partial charge in [-0.15, -0.1) is 0 Å². The molecule has 0 bridgehead atoms. The molecule has 0 aromatic heterocycles. The number of rotatable bonds is 17. The van der Waals surface area contributed by atoms with Gasteiger partial charge in [-0.3, -0.25) is 9.59 Å². The number of nitrogens with one attached hydrogen (secondary N) is 4. The molecule has 0 saturated heterocycles. The van der Waals surface area contributed by atoms with Crippen molar-refractivity contribution in [1.29, 1.82) is 0 Å². The summed E-state index contributed by atoms with van der Waals surface area (Å²) in [6.07, 6.45) is -3.54. The Morgan fingerprint density at radius 1 is 0.673 bits per heavy atom. The summed E-state index contributed by atoms with van der Waals surface area (Å²) in [5.74, 6) is -2.06. The van der Waals surface area contributed by atoms with E-state index in [2.05, 4.69) is 21.3 Å². The molecule has 0 radical (unpaired) electrons. The molecule has 0 spiro atoms. The second-order valence-electron chi connectivity index (χ2n) is 12.6. The molecule has 13 nitrogen and oxygen atoms in total. The van der Waals surface area contributed by atoms with Gasteiger partial charge in [-0.25, -0.2) is 9.59 Å². The van der Waals surface area contributed by atoms with E-state index in [-0.39, 0.29) is 26.1 Å². The number of carbonyl (C=O) groups excluding carboxylic acids is 4. The number of hydrogen-bond acceptors (Lipinski definition) is 9. The SMILES string of the molecule is CC(C)(C)OC(=O)N[C@@H](Cc1ccccc1)[C@H](O)CNC[C@@H](O)[C@H](Cc1ccccc1)NC(=O)[C@@H](NC(=O)OCc1ccccc1)C(N)=O. The van der Waals surface area contributed by atoms with Crippen molar-refractivity contribution in [2.45, 2.75) is 76.2 Å². The summed E-state index contributed by atoms with van der Waals surface area (Å²) < 4.78 is 10.5. The van der Waals surface area contributed by atoms with Crippen molar-refractivity contribution in [2.75, 3.05) is 13.1 Å². The number of alkyl carbamates (subject to hydrolysis) is 2. The molecule has 0 unspecified atom stereocenters. The van der Waals surface area contributed by atoms with E-state index in [1.807, 2.05) is 54.6 Å². The highest BCUT2D eigenvalue weighted by Crippen LogP contribution is 2.11. The summed E-state index contributed by atoms with van der Waals surface area (Å²) in [6.45, 7) is 5.00. The molecule has 0 saturated carbocycles. The second-order valence-corrected chi connectivity index (χ2v) is 12.6. The number of ether oxygens (including phenoxy) is 2. The van der Waals surface area contributed by atoms with Crippen LogP contribution in [0.5, 0.6) is 0 Å². The first-order valence-electron chi connectivity index (χ1n) is 16.0. The zero-order valence-electron chi connectivity index (χ0n) is 28.0. The zero-order valence-corrected chi connectivity index (χ0v) is 28.0. The van der Waals surface area contributed by atoms with Gasteiger partial charge in [-0.1, -0.05) is 91.0 Å². The number of nitrogens with two attached hydrogens (primary N) is 1. The minimum atomic E-state index is -1.78. The van der Waals surface area contributed by atoms with Crippen LogP contribution in [0.15, 0.2) is 91.0 Å². The minimum absolute atomic E-state index is 0.0327. The Hall–Kier alpha value is -4.98. The van der Waals surface area contributed by atoms with Crippen molar-refractivity contribution in [2.24, 2.45) is 5.73 Å². The molecule has 3 aromatic rings. The van der Waals surface area contributed by atoms with Gasteiger partial charge < -0.3 is 46.7 Å². The lowest BCUT2D eigenvalue weighted by molar-refractivity contribution is -0.131. The van der Waals surface area contributed by atoms with Gasteiger partial charge in [0.2, 0.25) is 5.91 Å². The zero-order chi connectivity index (χ0) is 35.8. The van der Waals surface area contributed by atoms with E-state index in [4.69, 9.17) is 15.2 Å². The van der Waals surface area contributed by atoms with Gasteiger partial charge in [0, 0.05) is 13.1 Å². The molecule has 0 fully saturated rings. The molecule has 0 heterocycles. The fraction of sp³-hybridized carbons (Fsp3) is 0.389. The molecule has 3 rings (SSSR count). The van der Waals surface area contributed by atoms with Gasteiger partial charge in [0.1, 0.15) is 12.2 Å². The normalized spacial score (nSPS) is 14.3. The molecule has 13 heteroatoms. The van der Waals surface area contributed by atoms with Crippen LogP contribution < -0.4 is 27.0 Å². The van der Waals surface area contributed by atoms with Crippen LogP contribution in [0.4, 0.5) is 9.59 Å². The monoisotopic (exact) mass is 677 g/mol. The maximum Gasteiger partial charge on any atom is 0.408 e. The Balaban J connectivity index is 1.65. The summed E-state index contributed by atoms with van der Waals surface area (Å²) in [6, 6.07) is 23.8. The van der Waals surface area contributed by atoms with Gasteiger partial charge in [-0.05, 0) is 50.3 Å². The lowest BCUT2D eigenvalue weighted by Gasteiger charge is -2.29. The molecule has 0 aliphatic heterocycles. The van der Waals surface area contributed by atoms with Crippen LogP contribution in [0, 0.1) is 0 Å². The summed E-state index contributed by atoms with van der Waals surface area (Å²) in [5.41, 5.74) is 7.08. The van der Waals surface area contributed by atoms with Crippen LogP contribution in [-0.4, -0.2) is 83.2 Å². The topological polar surface area (TPSA) is 201 Å². The van der Waals surface area contributed by atoms with Crippen LogP contribution in [0.3, 0.4) is 0 Å². The quantitative estimate of drug-likeness (QED) is 0.104. The summed E-state index contributed by atoms with van der Waals surface area (Å²) >= 11 is 0. The third-order valence-corrected chi connectivity index (χ3v) is 7.28. The largest absolute Gasteiger partial charge is 0.445 e. The van der Waals surface area contributed by atoms with Gasteiger partial charge in [-0.2, -0.15) is 0 Å². The van der Waals surface area contributed by atoms with Crippen molar-refractivity contribution in [3.05, 3.63) is 108 Å². The van der Waals surface area contributed by atoms with Gasteiger partial charge in [0.25, 0.3) is 5.91 Å². The van der Waals surface area contributed by atoms with Crippen molar-refractivity contribution < 1.29 is 38.9 Å². The predicted octanol–water partition coefficient (Wildman–Crippen LogP) is 1.94. The van der Waals surface area contributed by atoms with Gasteiger partial charge >= 0.3 is 12.2 Å². The number of benzene rings is 3. The van der Waals surface area contributed by atoms with Gasteiger partial charge in [0.05, 0.1) is 24.3 Å². The van der Waals surface area contributed by atoms with Crippen LogP contribution >= 0.6 is 0 Å². The van der Waals surface area contributed by atoms with E-state index < -0.39 is 59.9 Å². The first-order valence-corrected chi connectivity index (χ1v) is 16.0. The number of amides is 4. The highest BCUT2D eigenvalue weighted by Gasteiger charge is 2.31. The first kappa shape index (κ1) is 38.5. The summed E-state index contributed by atoms with van der Waals surface area (Å²) in [5, 5.41) is 32.9. The molecule has 5 atom stereocenters. The summed E-state index contributed by atoms with van der Waals surface area (Å²) in [7, 11) is 0. The maximum absolute atomic E-state index is 13.2. The lowest BCUT2D eigenvalue weighted by atomic mass is 9.99. The van der Waals surface area contributed by atoms with E-state index in [9.17, 15) is 29.4 Å². The number of hydrogen-bond donors (Lipinski definition) is 7. The van der Waals surface area contributed by atoms with E-state index in [0.29, 0.717) is 12.0 Å². The molecule has 49 heavy (non-hydrogen) atoms. The minimum Gasteiger partial charge on any atom is -0.445 e. The molecule has 0 aliphatic carbocycles. The molecule has 4 amide bonds. The fourth-order valence-electron chi connectivity index (χ4n) is 4.84. The van der Waals surface area contributed by atoms with Crippen molar-refractivity contribution in [3.63, 3.8) is 0 Å². The number of primary amides is 1. The van der Waals surface area contributed by atoms with Crippen molar-refractivity contribution >= 4 is 24.0 Å². The highest BCUT2D eigenvalue weighted by atomic mass is 16.6. The average molecular weight is 678 g/mol. The Kier molecular flexibility index (Phi) is 15.0. The number of carbonyl (C=O) groups is 4. The Morgan fingerprint density at radius 2 is 1.12 bits per heavy atom. The van der Waals surface area contributed by atoms with Crippen LogP contribution in [0.1, 0.15) is 37.5 Å². The van der Waals surface area contributed by atoms with E-state index >= 15 is 0 Å². The van der Waals surface area contributed by atoms with E-state index in [1.165, 1.54) is 0 Å². The van der Waals surface area contributed by atoms with E-state index in [0.717, 1.165) is 11.1 Å². The van der Waals surface area contributed by atoms with Gasteiger partial charge in [0.15, 0.2) is 6.04 Å². The fourth-order valence-corrected chi connectivity index (χ4v) is 4.84. The Bertz CT molecular complexity index is 1470. The molecular formula is C36H47N5O8. The van der Waals surface area contributed by atoms with Crippen LogP contribution in [-0.2, 0) is 38.5 Å². The smallest absolute Gasteiger partial charge is 0.408 e. The first-order chi connectivity index (χ1) is 23.3.